The first kappa shape index (κ1) is 12.9. The molecular formula is C10H17N3O2S. The van der Waals surface area contributed by atoms with Crippen LogP contribution in [0, 0.1) is 12.8 Å². The van der Waals surface area contributed by atoms with Crippen LogP contribution in [0.1, 0.15) is 29.2 Å². The number of carbonyl (C=O) groups excluding carboxylic acids is 1. The third kappa shape index (κ3) is 2.93. The lowest BCUT2D eigenvalue weighted by Crippen LogP contribution is -2.38. The summed E-state index contributed by atoms with van der Waals surface area (Å²) in [7, 11) is 0. The van der Waals surface area contributed by atoms with Gasteiger partial charge in [-0.25, -0.2) is 4.98 Å². The van der Waals surface area contributed by atoms with Crippen LogP contribution in [0.2, 0.25) is 0 Å². The molecule has 16 heavy (non-hydrogen) atoms. The summed E-state index contributed by atoms with van der Waals surface area (Å²) >= 11 is 1.18. The number of hydrogen-bond donors (Lipinski definition) is 3. The van der Waals surface area contributed by atoms with Gasteiger partial charge in [0.1, 0.15) is 4.88 Å². The van der Waals surface area contributed by atoms with Crippen molar-refractivity contribution in [1.82, 2.24) is 10.3 Å². The van der Waals surface area contributed by atoms with Gasteiger partial charge in [-0.05, 0) is 19.8 Å². The number of rotatable bonds is 4. The number of nitrogens with one attached hydrogen (secondary N) is 1. The van der Waals surface area contributed by atoms with E-state index >= 15 is 0 Å². The quantitative estimate of drug-likeness (QED) is 0.729. The molecule has 0 radical (unpaired) electrons. The Kier molecular flexibility index (Phi) is 4.26. The number of amides is 1. The average molecular weight is 243 g/mol. The van der Waals surface area contributed by atoms with Crippen LogP contribution < -0.4 is 11.1 Å². The molecule has 0 aliphatic carbocycles. The Morgan fingerprint density at radius 1 is 1.62 bits per heavy atom. The summed E-state index contributed by atoms with van der Waals surface area (Å²) < 4.78 is 0. The summed E-state index contributed by atoms with van der Waals surface area (Å²) in [4.78, 5) is 16.4. The first-order valence-electron chi connectivity index (χ1n) is 5.10. The van der Waals surface area contributed by atoms with E-state index in [1.54, 1.807) is 6.92 Å². The van der Waals surface area contributed by atoms with Gasteiger partial charge in [0, 0.05) is 12.6 Å². The van der Waals surface area contributed by atoms with Gasteiger partial charge < -0.3 is 16.2 Å². The predicted molar refractivity (Wildman–Crippen MR) is 64.4 cm³/mol. The Morgan fingerprint density at radius 2 is 2.25 bits per heavy atom. The summed E-state index contributed by atoms with van der Waals surface area (Å²) in [5.74, 6) is -0.158. The molecule has 0 spiro atoms. The molecule has 4 N–H and O–H groups in total. The molecule has 1 rings (SSSR count). The van der Waals surface area contributed by atoms with E-state index in [2.05, 4.69) is 10.3 Å². The van der Waals surface area contributed by atoms with Crippen molar-refractivity contribution < 1.29 is 9.90 Å². The molecule has 0 aliphatic heterocycles. The van der Waals surface area contributed by atoms with Crippen LogP contribution in [0.4, 0.5) is 5.13 Å². The van der Waals surface area contributed by atoms with Crippen LogP contribution in [-0.2, 0) is 0 Å². The minimum absolute atomic E-state index is 0.0227. The molecule has 0 aromatic carbocycles. The topological polar surface area (TPSA) is 88.2 Å². The lowest BCUT2D eigenvalue weighted by Gasteiger charge is -2.18. The second-order valence-corrected chi connectivity index (χ2v) is 4.92. The maximum Gasteiger partial charge on any atom is 0.263 e. The summed E-state index contributed by atoms with van der Waals surface area (Å²) in [6.07, 6.45) is 0. The number of aryl methyl sites for hydroxylation is 1. The molecule has 1 aromatic rings. The molecular weight excluding hydrogens is 226 g/mol. The van der Waals surface area contributed by atoms with Crippen LogP contribution in [0.3, 0.4) is 0 Å². The van der Waals surface area contributed by atoms with E-state index in [0.29, 0.717) is 15.7 Å². The van der Waals surface area contributed by atoms with Crippen molar-refractivity contribution in [3.63, 3.8) is 0 Å². The van der Waals surface area contributed by atoms with E-state index in [9.17, 15) is 4.79 Å². The van der Waals surface area contributed by atoms with Crippen LogP contribution in [0.25, 0.3) is 0 Å². The molecule has 1 heterocycles. The SMILES string of the molecule is Cc1nc(N)sc1C(=O)NC(C)C(C)CO. The fourth-order valence-corrected chi connectivity index (χ4v) is 1.94. The van der Waals surface area contributed by atoms with E-state index in [4.69, 9.17) is 10.8 Å². The minimum atomic E-state index is -0.181. The Balaban J connectivity index is 2.69. The van der Waals surface area contributed by atoms with Crippen molar-refractivity contribution in [2.75, 3.05) is 12.3 Å². The Hall–Kier alpha value is -1.14. The van der Waals surface area contributed by atoms with Crippen LogP contribution >= 0.6 is 11.3 Å². The van der Waals surface area contributed by atoms with E-state index in [1.807, 2.05) is 13.8 Å². The number of hydrogen-bond acceptors (Lipinski definition) is 5. The largest absolute Gasteiger partial charge is 0.396 e. The van der Waals surface area contributed by atoms with Crippen molar-refractivity contribution in [2.24, 2.45) is 5.92 Å². The first-order chi connectivity index (χ1) is 7.45. The Labute approximate surface area is 98.7 Å². The number of aliphatic hydroxyl groups excluding tert-OH is 1. The highest BCUT2D eigenvalue weighted by Gasteiger charge is 2.18. The number of nitrogen functional groups attached to an aromatic ring is 1. The summed E-state index contributed by atoms with van der Waals surface area (Å²) in [5, 5.41) is 12.2. The maximum atomic E-state index is 11.8. The fraction of sp³-hybridized carbons (Fsp3) is 0.600. The van der Waals surface area contributed by atoms with Gasteiger partial charge in [0.15, 0.2) is 5.13 Å². The number of anilines is 1. The molecule has 0 fully saturated rings. The highest BCUT2D eigenvalue weighted by molar-refractivity contribution is 7.17. The monoisotopic (exact) mass is 243 g/mol. The van der Waals surface area contributed by atoms with Gasteiger partial charge in [0.05, 0.1) is 5.69 Å². The van der Waals surface area contributed by atoms with Gasteiger partial charge in [-0.2, -0.15) is 0 Å². The van der Waals surface area contributed by atoms with Crippen molar-refractivity contribution in [2.45, 2.75) is 26.8 Å². The van der Waals surface area contributed by atoms with E-state index in [1.165, 1.54) is 11.3 Å². The number of aliphatic hydroxyl groups is 1. The third-order valence-corrected chi connectivity index (χ3v) is 3.51. The standard InChI is InChI=1S/C10H17N3O2S/c1-5(4-14)6(2)12-9(15)8-7(3)13-10(11)16-8/h5-6,14H,4H2,1-3H3,(H2,11,13)(H,12,15). The van der Waals surface area contributed by atoms with Gasteiger partial charge >= 0.3 is 0 Å². The predicted octanol–water partition coefficient (Wildman–Crippen LogP) is 0.780. The van der Waals surface area contributed by atoms with E-state index in [0.717, 1.165) is 0 Å². The summed E-state index contributed by atoms with van der Waals surface area (Å²) in [6, 6.07) is -0.0831. The second-order valence-electron chi connectivity index (χ2n) is 3.89. The highest BCUT2D eigenvalue weighted by Crippen LogP contribution is 2.19. The average Bonchev–Trinajstić information content (AvgIpc) is 2.56. The normalized spacial score (nSPS) is 14.5. The number of nitrogens with zero attached hydrogens (tertiary/aromatic N) is 1. The molecule has 2 atom stereocenters. The zero-order chi connectivity index (χ0) is 12.3. The smallest absolute Gasteiger partial charge is 0.263 e. The van der Waals surface area contributed by atoms with Gasteiger partial charge in [0.2, 0.25) is 0 Å². The maximum absolute atomic E-state index is 11.8. The van der Waals surface area contributed by atoms with Gasteiger partial charge in [0.25, 0.3) is 5.91 Å². The van der Waals surface area contributed by atoms with Crippen molar-refractivity contribution in [3.8, 4) is 0 Å². The van der Waals surface area contributed by atoms with Crippen LogP contribution in [0.15, 0.2) is 0 Å². The van der Waals surface area contributed by atoms with Crippen molar-refractivity contribution in [1.29, 1.82) is 0 Å². The van der Waals surface area contributed by atoms with Crippen molar-refractivity contribution in [3.05, 3.63) is 10.6 Å². The molecule has 2 unspecified atom stereocenters. The number of thiazole rings is 1. The Bertz CT molecular complexity index is 378. The second kappa shape index (κ2) is 5.27. The van der Waals surface area contributed by atoms with Crippen LogP contribution in [-0.4, -0.2) is 28.6 Å². The molecule has 5 nitrogen and oxygen atoms in total. The van der Waals surface area contributed by atoms with Crippen molar-refractivity contribution >= 4 is 22.4 Å². The first-order valence-corrected chi connectivity index (χ1v) is 5.92. The Morgan fingerprint density at radius 3 is 2.69 bits per heavy atom. The zero-order valence-corrected chi connectivity index (χ0v) is 10.5. The fourth-order valence-electron chi connectivity index (χ4n) is 1.20. The summed E-state index contributed by atoms with van der Waals surface area (Å²) in [5.41, 5.74) is 6.16. The van der Waals surface area contributed by atoms with Crippen LogP contribution in [0.5, 0.6) is 0 Å². The lowest BCUT2D eigenvalue weighted by molar-refractivity contribution is 0.0919. The highest BCUT2D eigenvalue weighted by atomic mass is 32.1. The van der Waals surface area contributed by atoms with Gasteiger partial charge in [-0.1, -0.05) is 18.3 Å². The third-order valence-electron chi connectivity index (χ3n) is 2.52. The molecule has 6 heteroatoms. The zero-order valence-electron chi connectivity index (χ0n) is 9.65. The number of nitrogens with two attached hydrogens (primary N) is 1. The van der Waals surface area contributed by atoms with Gasteiger partial charge in [-0.3, -0.25) is 4.79 Å². The van der Waals surface area contributed by atoms with Gasteiger partial charge in [-0.15, -0.1) is 0 Å². The molecule has 1 amide bonds. The molecule has 0 saturated heterocycles. The molecule has 90 valence electrons. The summed E-state index contributed by atoms with van der Waals surface area (Å²) in [6.45, 7) is 5.53. The molecule has 0 aliphatic rings. The molecule has 0 bridgehead atoms. The molecule has 1 aromatic heterocycles. The minimum Gasteiger partial charge on any atom is -0.396 e. The number of carbonyl (C=O) groups is 1. The lowest BCUT2D eigenvalue weighted by atomic mass is 10.1. The van der Waals surface area contributed by atoms with E-state index in [-0.39, 0.29) is 24.5 Å². The molecule has 0 saturated carbocycles. The van der Waals surface area contributed by atoms with E-state index < -0.39 is 0 Å². The number of aromatic nitrogens is 1.